The number of aromatic amines is 1. The van der Waals surface area contributed by atoms with Gasteiger partial charge in [-0.3, -0.25) is 9.59 Å². The third-order valence-corrected chi connectivity index (χ3v) is 3.41. The molecule has 24 heavy (non-hydrogen) atoms. The highest BCUT2D eigenvalue weighted by Gasteiger charge is 2.10. The molecule has 0 saturated heterocycles. The van der Waals surface area contributed by atoms with E-state index in [2.05, 4.69) is 15.6 Å². The average Bonchev–Trinajstić information content (AvgIpc) is 2.56. The van der Waals surface area contributed by atoms with Crippen molar-refractivity contribution in [3.05, 3.63) is 70.6 Å². The number of pyridine rings is 1. The van der Waals surface area contributed by atoms with Crippen molar-refractivity contribution < 1.29 is 9.59 Å². The van der Waals surface area contributed by atoms with E-state index in [0.717, 1.165) is 0 Å². The zero-order chi connectivity index (χ0) is 17.1. The molecular weight excluding hydrogens is 308 g/mol. The Bertz CT molecular complexity index is 977. The second-order valence-electron chi connectivity index (χ2n) is 5.12. The number of anilines is 2. The number of carbonyl (C=O) groups is 2. The molecule has 0 fully saturated rings. The van der Waals surface area contributed by atoms with Crippen molar-refractivity contribution in [2.45, 2.75) is 0 Å². The molecule has 3 rings (SSSR count). The predicted octanol–water partition coefficient (Wildman–Crippen LogP) is 2.27. The van der Waals surface area contributed by atoms with Crippen LogP contribution >= 0.6 is 0 Å². The standard InChI is InChI=1S/C17H14N4O3/c18-17(24)20-12-7-5-11(6-8-12)19-16(23)14-9-10-3-1-2-4-13(10)15(22)21-14/h1-9H,(H,19,23)(H,21,22)(H3,18,20,24). The lowest BCUT2D eigenvalue weighted by atomic mass is 10.1. The molecule has 0 atom stereocenters. The van der Waals surface area contributed by atoms with E-state index in [0.29, 0.717) is 22.1 Å². The van der Waals surface area contributed by atoms with Crippen molar-refractivity contribution in [2.24, 2.45) is 5.73 Å². The SMILES string of the molecule is NC(=O)Nc1ccc(NC(=O)c2cc3ccccc3c(=O)[nH]2)cc1. The first-order valence-corrected chi connectivity index (χ1v) is 7.13. The normalized spacial score (nSPS) is 10.3. The zero-order valence-corrected chi connectivity index (χ0v) is 12.5. The summed E-state index contributed by atoms with van der Waals surface area (Å²) in [6.45, 7) is 0. The Kier molecular flexibility index (Phi) is 3.98. The maximum Gasteiger partial charge on any atom is 0.316 e. The van der Waals surface area contributed by atoms with Crippen molar-refractivity contribution in [3.63, 3.8) is 0 Å². The number of hydrogen-bond acceptors (Lipinski definition) is 3. The highest BCUT2D eigenvalue weighted by atomic mass is 16.2. The van der Waals surface area contributed by atoms with E-state index >= 15 is 0 Å². The molecule has 2 aromatic carbocycles. The number of urea groups is 1. The summed E-state index contributed by atoms with van der Waals surface area (Å²) in [5.41, 5.74) is 5.90. The van der Waals surface area contributed by atoms with Crippen LogP contribution in [0.25, 0.3) is 10.8 Å². The van der Waals surface area contributed by atoms with Crippen LogP contribution in [0.1, 0.15) is 10.5 Å². The Morgan fingerprint density at radius 2 is 1.54 bits per heavy atom. The number of benzene rings is 2. The van der Waals surface area contributed by atoms with Crippen LogP contribution in [-0.2, 0) is 0 Å². The van der Waals surface area contributed by atoms with Gasteiger partial charge in [0, 0.05) is 16.8 Å². The smallest absolute Gasteiger partial charge is 0.316 e. The van der Waals surface area contributed by atoms with Gasteiger partial charge in [0.1, 0.15) is 5.69 Å². The van der Waals surface area contributed by atoms with Crippen LogP contribution in [0.4, 0.5) is 16.2 Å². The van der Waals surface area contributed by atoms with Crippen LogP contribution in [0, 0.1) is 0 Å². The maximum absolute atomic E-state index is 12.3. The Morgan fingerprint density at radius 3 is 2.21 bits per heavy atom. The topological polar surface area (TPSA) is 117 Å². The number of amides is 3. The lowest BCUT2D eigenvalue weighted by Crippen LogP contribution is -2.20. The van der Waals surface area contributed by atoms with E-state index < -0.39 is 11.9 Å². The lowest BCUT2D eigenvalue weighted by molar-refractivity contribution is 0.102. The molecule has 0 radical (unpaired) electrons. The summed E-state index contributed by atoms with van der Waals surface area (Å²) in [6, 6.07) is 14.4. The lowest BCUT2D eigenvalue weighted by Gasteiger charge is -2.07. The van der Waals surface area contributed by atoms with Gasteiger partial charge in [-0.1, -0.05) is 18.2 Å². The van der Waals surface area contributed by atoms with Crippen molar-refractivity contribution in [1.29, 1.82) is 0 Å². The third-order valence-electron chi connectivity index (χ3n) is 3.41. The van der Waals surface area contributed by atoms with Crippen LogP contribution in [0.3, 0.4) is 0 Å². The number of primary amides is 1. The first kappa shape index (κ1) is 15.3. The van der Waals surface area contributed by atoms with Gasteiger partial charge in [-0.25, -0.2) is 4.79 Å². The Morgan fingerprint density at radius 1 is 0.917 bits per heavy atom. The average molecular weight is 322 g/mol. The molecule has 7 nitrogen and oxygen atoms in total. The van der Waals surface area contributed by atoms with Gasteiger partial charge in [-0.05, 0) is 41.8 Å². The monoisotopic (exact) mass is 322 g/mol. The molecule has 0 saturated carbocycles. The second-order valence-corrected chi connectivity index (χ2v) is 5.12. The molecule has 1 heterocycles. The minimum absolute atomic E-state index is 0.165. The summed E-state index contributed by atoms with van der Waals surface area (Å²) >= 11 is 0. The molecule has 0 bridgehead atoms. The zero-order valence-electron chi connectivity index (χ0n) is 12.5. The second kappa shape index (κ2) is 6.25. The highest BCUT2D eigenvalue weighted by Crippen LogP contribution is 2.15. The molecule has 0 unspecified atom stereocenters. The molecule has 120 valence electrons. The van der Waals surface area contributed by atoms with Crippen molar-refractivity contribution in [2.75, 3.05) is 10.6 Å². The number of H-pyrrole nitrogens is 1. The fraction of sp³-hybridized carbons (Fsp3) is 0. The Labute approximate surface area is 136 Å². The fourth-order valence-corrected chi connectivity index (χ4v) is 2.31. The first-order valence-electron chi connectivity index (χ1n) is 7.13. The summed E-state index contributed by atoms with van der Waals surface area (Å²) in [4.78, 5) is 37.6. The Hall–Kier alpha value is -3.61. The van der Waals surface area contributed by atoms with Crippen molar-refractivity contribution in [3.8, 4) is 0 Å². The molecule has 0 aliphatic heterocycles. The molecule has 3 aromatic rings. The number of nitrogens with one attached hydrogen (secondary N) is 3. The molecule has 0 aliphatic rings. The predicted molar refractivity (Wildman–Crippen MR) is 92.2 cm³/mol. The number of aromatic nitrogens is 1. The number of carbonyl (C=O) groups excluding carboxylic acids is 2. The number of nitrogens with two attached hydrogens (primary N) is 1. The van der Waals surface area contributed by atoms with E-state index in [1.165, 1.54) is 0 Å². The van der Waals surface area contributed by atoms with Crippen molar-refractivity contribution >= 4 is 34.1 Å². The van der Waals surface area contributed by atoms with E-state index in [-0.39, 0.29) is 11.3 Å². The largest absolute Gasteiger partial charge is 0.351 e. The minimum Gasteiger partial charge on any atom is -0.351 e. The van der Waals surface area contributed by atoms with Crippen molar-refractivity contribution in [1.82, 2.24) is 4.98 Å². The number of fused-ring (bicyclic) bond motifs is 1. The van der Waals surface area contributed by atoms with E-state index in [4.69, 9.17) is 5.73 Å². The Balaban J connectivity index is 1.82. The summed E-state index contributed by atoms with van der Waals surface area (Å²) < 4.78 is 0. The van der Waals surface area contributed by atoms with Gasteiger partial charge in [0.2, 0.25) is 0 Å². The summed E-state index contributed by atoms with van der Waals surface area (Å²) in [7, 11) is 0. The maximum atomic E-state index is 12.3. The number of hydrogen-bond donors (Lipinski definition) is 4. The molecular formula is C17H14N4O3. The van der Waals surface area contributed by atoms with Crippen LogP contribution in [0.15, 0.2) is 59.4 Å². The number of rotatable bonds is 3. The van der Waals surface area contributed by atoms with E-state index in [1.807, 2.05) is 0 Å². The van der Waals surface area contributed by atoms with Crippen LogP contribution in [0.5, 0.6) is 0 Å². The third kappa shape index (κ3) is 3.25. The van der Waals surface area contributed by atoms with E-state index in [1.54, 1.807) is 54.6 Å². The summed E-state index contributed by atoms with van der Waals surface area (Å²) in [6.07, 6.45) is 0. The molecule has 3 amide bonds. The highest BCUT2D eigenvalue weighted by molar-refractivity contribution is 6.04. The van der Waals surface area contributed by atoms with Gasteiger partial charge in [0.25, 0.3) is 11.5 Å². The molecule has 0 spiro atoms. The van der Waals surface area contributed by atoms with Crippen LogP contribution < -0.4 is 21.9 Å². The van der Waals surface area contributed by atoms with Gasteiger partial charge in [0.05, 0.1) is 0 Å². The van der Waals surface area contributed by atoms with Gasteiger partial charge < -0.3 is 21.4 Å². The fourth-order valence-electron chi connectivity index (χ4n) is 2.31. The summed E-state index contributed by atoms with van der Waals surface area (Å²) in [5, 5.41) is 6.31. The molecule has 5 N–H and O–H groups in total. The first-order chi connectivity index (χ1) is 11.5. The van der Waals surface area contributed by atoms with Gasteiger partial charge in [-0.2, -0.15) is 0 Å². The van der Waals surface area contributed by atoms with E-state index in [9.17, 15) is 14.4 Å². The quantitative estimate of drug-likeness (QED) is 0.592. The van der Waals surface area contributed by atoms with Crippen LogP contribution in [0.2, 0.25) is 0 Å². The molecule has 7 heteroatoms. The minimum atomic E-state index is -0.666. The van der Waals surface area contributed by atoms with Gasteiger partial charge in [0.15, 0.2) is 0 Å². The molecule has 0 aliphatic carbocycles. The van der Waals surface area contributed by atoms with Gasteiger partial charge >= 0.3 is 6.03 Å². The molecule has 1 aromatic heterocycles. The summed E-state index contributed by atoms with van der Waals surface area (Å²) in [5.74, 6) is -0.437. The van der Waals surface area contributed by atoms with Gasteiger partial charge in [-0.15, -0.1) is 0 Å². The van der Waals surface area contributed by atoms with Crippen LogP contribution in [-0.4, -0.2) is 16.9 Å².